The Morgan fingerprint density at radius 3 is 2.50 bits per heavy atom. The number of alkyl halides is 3. The summed E-state index contributed by atoms with van der Waals surface area (Å²) in [4.78, 5) is 37.1. The molecule has 0 spiro atoms. The normalized spacial score (nSPS) is 16.5. The fraction of sp³-hybridized carbons (Fsp3) is 0.250. The summed E-state index contributed by atoms with van der Waals surface area (Å²) in [5.74, 6) is -3.00. The van der Waals surface area contributed by atoms with Crippen molar-refractivity contribution in [1.82, 2.24) is 0 Å². The van der Waals surface area contributed by atoms with Crippen LogP contribution in [0.4, 0.5) is 34.6 Å². The molecule has 30 heavy (non-hydrogen) atoms. The van der Waals surface area contributed by atoms with Gasteiger partial charge in [0.05, 0.1) is 17.2 Å². The summed E-state index contributed by atoms with van der Waals surface area (Å²) in [5.41, 5.74) is -0.749. The van der Waals surface area contributed by atoms with Gasteiger partial charge in [0.2, 0.25) is 17.7 Å². The highest BCUT2D eigenvalue weighted by Crippen LogP contribution is 2.33. The van der Waals surface area contributed by atoms with Crippen molar-refractivity contribution in [1.29, 1.82) is 0 Å². The van der Waals surface area contributed by atoms with Crippen LogP contribution in [0.2, 0.25) is 0 Å². The van der Waals surface area contributed by atoms with E-state index in [0.717, 1.165) is 23.1 Å². The van der Waals surface area contributed by atoms with Gasteiger partial charge < -0.3 is 15.5 Å². The van der Waals surface area contributed by atoms with E-state index in [1.165, 1.54) is 31.2 Å². The molecule has 1 fully saturated rings. The van der Waals surface area contributed by atoms with Crippen LogP contribution in [0.25, 0.3) is 0 Å². The predicted molar refractivity (Wildman–Crippen MR) is 101 cm³/mol. The molecular formula is C20H17F4N3O3. The monoisotopic (exact) mass is 423 g/mol. The summed E-state index contributed by atoms with van der Waals surface area (Å²) in [7, 11) is 0. The molecule has 0 aliphatic carbocycles. The lowest BCUT2D eigenvalue weighted by Gasteiger charge is -2.18. The zero-order valence-electron chi connectivity index (χ0n) is 15.7. The number of rotatable bonds is 4. The van der Waals surface area contributed by atoms with Crippen LogP contribution in [0.3, 0.4) is 0 Å². The predicted octanol–water partition coefficient (Wildman–Crippen LogP) is 3.79. The summed E-state index contributed by atoms with van der Waals surface area (Å²) in [6.45, 7) is 1.11. The zero-order chi connectivity index (χ0) is 22.1. The molecule has 0 bridgehead atoms. The van der Waals surface area contributed by atoms with Crippen LogP contribution in [-0.2, 0) is 20.6 Å². The largest absolute Gasteiger partial charge is 0.416 e. The van der Waals surface area contributed by atoms with E-state index in [9.17, 15) is 31.9 Å². The minimum Gasteiger partial charge on any atom is -0.326 e. The summed E-state index contributed by atoms with van der Waals surface area (Å²) in [6.07, 6.45) is -4.73. The number of halogens is 4. The Morgan fingerprint density at radius 2 is 1.83 bits per heavy atom. The average molecular weight is 423 g/mol. The number of carbonyl (C=O) groups excluding carboxylic acids is 3. The van der Waals surface area contributed by atoms with Gasteiger partial charge in [-0.1, -0.05) is 6.07 Å². The molecule has 0 radical (unpaired) electrons. The lowest BCUT2D eigenvalue weighted by atomic mass is 10.1. The summed E-state index contributed by atoms with van der Waals surface area (Å²) >= 11 is 0. The van der Waals surface area contributed by atoms with Crippen LogP contribution < -0.4 is 15.5 Å². The second-order valence-corrected chi connectivity index (χ2v) is 6.82. The Balaban J connectivity index is 1.72. The van der Waals surface area contributed by atoms with Gasteiger partial charge in [0.1, 0.15) is 5.82 Å². The van der Waals surface area contributed by atoms with Crippen molar-refractivity contribution in [2.75, 3.05) is 22.1 Å². The van der Waals surface area contributed by atoms with E-state index >= 15 is 0 Å². The average Bonchev–Trinajstić information content (AvgIpc) is 3.05. The molecule has 0 aromatic heterocycles. The molecule has 2 N–H and O–H groups in total. The quantitative estimate of drug-likeness (QED) is 0.735. The molecule has 2 aromatic rings. The van der Waals surface area contributed by atoms with E-state index in [-0.39, 0.29) is 30.0 Å². The molecule has 10 heteroatoms. The third kappa shape index (κ3) is 4.76. The highest BCUT2D eigenvalue weighted by atomic mass is 19.4. The third-order valence-electron chi connectivity index (χ3n) is 4.53. The molecule has 1 saturated heterocycles. The van der Waals surface area contributed by atoms with Crippen LogP contribution in [0.15, 0.2) is 42.5 Å². The molecule has 3 amide bonds. The van der Waals surface area contributed by atoms with Gasteiger partial charge in [-0.05, 0) is 36.4 Å². The van der Waals surface area contributed by atoms with E-state index in [1.54, 1.807) is 0 Å². The Hall–Kier alpha value is -3.43. The van der Waals surface area contributed by atoms with E-state index in [1.807, 2.05) is 0 Å². The smallest absolute Gasteiger partial charge is 0.326 e. The molecule has 3 rings (SSSR count). The summed E-state index contributed by atoms with van der Waals surface area (Å²) in [5, 5.41) is 4.83. The van der Waals surface area contributed by atoms with Gasteiger partial charge in [-0.2, -0.15) is 13.2 Å². The SMILES string of the molecule is CC(=O)Nc1cc(NC(=O)C2CC(=O)N(c3cccc(C(F)(F)F)c3)C2)ccc1F. The first-order chi connectivity index (χ1) is 14.0. The minimum atomic E-state index is -4.55. The second-order valence-electron chi connectivity index (χ2n) is 6.82. The van der Waals surface area contributed by atoms with E-state index in [2.05, 4.69) is 10.6 Å². The van der Waals surface area contributed by atoms with Gasteiger partial charge in [-0.25, -0.2) is 4.39 Å². The molecule has 1 aliphatic rings. The van der Waals surface area contributed by atoms with Crippen LogP contribution >= 0.6 is 0 Å². The number of carbonyl (C=O) groups is 3. The summed E-state index contributed by atoms with van der Waals surface area (Å²) in [6, 6.07) is 7.91. The standard InChI is InChI=1S/C20H17F4N3O3/c1-11(28)25-17-9-14(5-6-16(17)21)26-19(30)12-7-18(29)27(10-12)15-4-2-3-13(8-15)20(22,23)24/h2-6,8-9,12H,7,10H2,1H3,(H,25,28)(H,26,30). The molecular weight excluding hydrogens is 406 g/mol. The molecule has 1 heterocycles. The van der Waals surface area contributed by atoms with Crippen molar-refractivity contribution < 1.29 is 31.9 Å². The maximum Gasteiger partial charge on any atom is 0.416 e. The lowest BCUT2D eigenvalue weighted by Crippen LogP contribution is -2.28. The summed E-state index contributed by atoms with van der Waals surface area (Å²) < 4.78 is 52.5. The number of nitrogens with one attached hydrogen (secondary N) is 2. The number of anilines is 3. The van der Waals surface area contributed by atoms with Gasteiger partial charge in [0.15, 0.2) is 0 Å². The number of hydrogen-bond acceptors (Lipinski definition) is 3. The molecule has 1 atom stereocenters. The lowest BCUT2D eigenvalue weighted by molar-refractivity contribution is -0.137. The van der Waals surface area contributed by atoms with E-state index in [4.69, 9.17) is 0 Å². The van der Waals surface area contributed by atoms with Gasteiger partial charge in [-0.15, -0.1) is 0 Å². The first-order valence-corrected chi connectivity index (χ1v) is 8.90. The third-order valence-corrected chi connectivity index (χ3v) is 4.53. The van der Waals surface area contributed by atoms with Crippen molar-refractivity contribution in [3.05, 3.63) is 53.8 Å². The van der Waals surface area contributed by atoms with Gasteiger partial charge in [0.25, 0.3) is 0 Å². The van der Waals surface area contributed by atoms with Crippen LogP contribution in [0, 0.1) is 11.7 Å². The molecule has 2 aromatic carbocycles. The van der Waals surface area contributed by atoms with Gasteiger partial charge in [-0.3, -0.25) is 14.4 Å². The number of amides is 3. The van der Waals surface area contributed by atoms with Crippen molar-refractivity contribution in [3.8, 4) is 0 Å². The molecule has 1 aliphatic heterocycles. The van der Waals surface area contributed by atoms with Crippen LogP contribution in [0.5, 0.6) is 0 Å². The van der Waals surface area contributed by atoms with Crippen molar-refractivity contribution in [3.63, 3.8) is 0 Å². The number of nitrogens with zero attached hydrogens (tertiary/aromatic N) is 1. The van der Waals surface area contributed by atoms with E-state index < -0.39 is 41.2 Å². The van der Waals surface area contributed by atoms with Crippen LogP contribution in [0.1, 0.15) is 18.9 Å². The molecule has 158 valence electrons. The van der Waals surface area contributed by atoms with E-state index in [0.29, 0.717) is 0 Å². The minimum absolute atomic E-state index is 0.0554. The topological polar surface area (TPSA) is 78.5 Å². The maximum absolute atomic E-state index is 13.7. The maximum atomic E-state index is 13.7. The van der Waals surface area contributed by atoms with Crippen molar-refractivity contribution in [2.45, 2.75) is 19.5 Å². The zero-order valence-corrected chi connectivity index (χ0v) is 15.7. The second kappa shape index (κ2) is 8.13. The Bertz CT molecular complexity index is 1010. The van der Waals surface area contributed by atoms with Gasteiger partial charge >= 0.3 is 6.18 Å². The highest BCUT2D eigenvalue weighted by Gasteiger charge is 2.37. The van der Waals surface area contributed by atoms with Crippen LogP contribution in [-0.4, -0.2) is 24.3 Å². The fourth-order valence-corrected chi connectivity index (χ4v) is 3.12. The Kier molecular flexibility index (Phi) is 5.77. The molecule has 0 saturated carbocycles. The van der Waals surface area contributed by atoms with Gasteiger partial charge in [0, 0.05) is 31.3 Å². The first kappa shape index (κ1) is 21.3. The highest BCUT2D eigenvalue weighted by molar-refractivity contribution is 6.03. The van der Waals surface area contributed by atoms with Crippen molar-refractivity contribution >= 4 is 34.8 Å². The Morgan fingerprint density at radius 1 is 1.10 bits per heavy atom. The number of hydrogen-bond donors (Lipinski definition) is 2. The Labute approximate surface area is 168 Å². The molecule has 6 nitrogen and oxygen atoms in total. The number of benzene rings is 2. The van der Waals surface area contributed by atoms with Crippen molar-refractivity contribution in [2.24, 2.45) is 5.92 Å². The first-order valence-electron chi connectivity index (χ1n) is 8.90. The fourth-order valence-electron chi connectivity index (χ4n) is 3.12. The molecule has 1 unspecified atom stereocenters.